The minimum absolute atomic E-state index is 0.188. The summed E-state index contributed by atoms with van der Waals surface area (Å²) in [4.78, 5) is 10.9. The van der Waals surface area contributed by atoms with Gasteiger partial charge in [0.15, 0.2) is 5.75 Å². The molecule has 1 heterocycles. The number of aromatic hydroxyl groups is 1. The van der Waals surface area contributed by atoms with Crippen LogP contribution in [-0.4, -0.2) is 10.2 Å². The molecule has 0 aromatic carbocycles. The van der Waals surface area contributed by atoms with Crippen LogP contribution in [0, 0.1) is 6.92 Å². The van der Waals surface area contributed by atoms with Gasteiger partial charge in [0.25, 0.3) is 0 Å². The highest BCUT2D eigenvalue weighted by atomic mass is 16.4. The van der Waals surface area contributed by atoms with Gasteiger partial charge in [-0.25, -0.2) is 0 Å². The van der Waals surface area contributed by atoms with Gasteiger partial charge >= 0.3 is 0 Å². The summed E-state index contributed by atoms with van der Waals surface area (Å²) in [6, 6.07) is 0. The van der Waals surface area contributed by atoms with E-state index < -0.39 is 11.2 Å². The van der Waals surface area contributed by atoms with E-state index in [0.29, 0.717) is 0 Å². The molecule has 0 aliphatic rings. The Morgan fingerprint density at radius 2 is 2.27 bits per heavy atom. The summed E-state index contributed by atoms with van der Waals surface area (Å²) in [5.74, 6) is -0.243. The Bertz CT molecular complexity index is 313. The van der Waals surface area contributed by atoms with Crippen LogP contribution in [0.25, 0.3) is 0 Å². The largest absolute Gasteiger partial charge is 0.502 e. The van der Waals surface area contributed by atoms with Gasteiger partial charge in [0.2, 0.25) is 5.43 Å². The first-order valence-corrected chi connectivity index (χ1v) is 3.08. The number of aliphatic hydroxyl groups is 1. The van der Waals surface area contributed by atoms with Crippen LogP contribution in [0.3, 0.4) is 0 Å². The maximum absolute atomic E-state index is 10.9. The van der Waals surface area contributed by atoms with Gasteiger partial charge in [-0.3, -0.25) is 4.79 Å². The number of rotatable bonds is 1. The van der Waals surface area contributed by atoms with Crippen LogP contribution in [0.2, 0.25) is 0 Å². The molecule has 0 bridgehead atoms. The monoisotopic (exact) mass is 156 g/mol. The van der Waals surface area contributed by atoms with Crippen molar-refractivity contribution in [2.45, 2.75) is 13.5 Å². The fourth-order valence-electron chi connectivity index (χ4n) is 0.743. The third-order valence-electron chi connectivity index (χ3n) is 1.45. The molecule has 0 radical (unpaired) electrons. The highest BCUT2D eigenvalue weighted by Gasteiger charge is 2.06. The molecule has 2 N–H and O–H groups in total. The summed E-state index contributed by atoms with van der Waals surface area (Å²) in [7, 11) is 0. The van der Waals surface area contributed by atoms with Gasteiger partial charge in [0.05, 0.1) is 0 Å². The zero-order chi connectivity index (χ0) is 8.43. The first kappa shape index (κ1) is 7.81. The third kappa shape index (κ3) is 1.25. The zero-order valence-corrected chi connectivity index (χ0v) is 6.00. The maximum Gasteiger partial charge on any atom is 0.229 e. The van der Waals surface area contributed by atoms with Crippen LogP contribution in [-0.2, 0) is 6.61 Å². The van der Waals surface area contributed by atoms with Crippen molar-refractivity contribution in [1.29, 1.82) is 0 Å². The van der Waals surface area contributed by atoms with Crippen molar-refractivity contribution in [2.75, 3.05) is 0 Å². The van der Waals surface area contributed by atoms with E-state index in [0.717, 1.165) is 6.26 Å². The molecule has 4 nitrogen and oxygen atoms in total. The lowest BCUT2D eigenvalue weighted by molar-refractivity contribution is 0.239. The van der Waals surface area contributed by atoms with Gasteiger partial charge < -0.3 is 14.6 Å². The van der Waals surface area contributed by atoms with Crippen LogP contribution in [0.15, 0.2) is 15.5 Å². The Balaban J connectivity index is 3.37. The summed E-state index contributed by atoms with van der Waals surface area (Å²) < 4.78 is 4.72. The van der Waals surface area contributed by atoms with Gasteiger partial charge in [-0.2, -0.15) is 0 Å². The molecule has 1 rings (SSSR count). The quantitative estimate of drug-likeness (QED) is 0.607. The molecule has 0 saturated carbocycles. The molecule has 0 saturated heterocycles. The van der Waals surface area contributed by atoms with Gasteiger partial charge in [-0.05, 0) is 6.92 Å². The van der Waals surface area contributed by atoms with Crippen LogP contribution in [0.4, 0.5) is 0 Å². The van der Waals surface area contributed by atoms with Gasteiger partial charge in [-0.1, -0.05) is 0 Å². The second-order valence-corrected chi connectivity index (χ2v) is 2.16. The average molecular weight is 156 g/mol. The Morgan fingerprint density at radius 1 is 1.64 bits per heavy atom. The number of aliphatic hydroxyl groups excluding tert-OH is 1. The summed E-state index contributed by atoms with van der Waals surface area (Å²) in [5, 5.41) is 17.5. The Labute approximate surface area is 62.7 Å². The standard InChI is InChI=1S/C7H8O4/c1-4-6(2-8)11-3-5(9)7(4)10/h3,8-9H,2H2,1H3. The molecule has 4 heteroatoms. The number of hydrogen-bond donors (Lipinski definition) is 2. The SMILES string of the molecule is Cc1c(CO)occ(O)c1=O. The molecular weight excluding hydrogens is 148 g/mol. The van der Waals surface area contributed by atoms with E-state index >= 15 is 0 Å². The molecule has 11 heavy (non-hydrogen) atoms. The molecular formula is C7H8O4. The molecule has 0 spiro atoms. The Hall–Kier alpha value is -1.29. The van der Waals surface area contributed by atoms with Crippen molar-refractivity contribution in [3.63, 3.8) is 0 Å². The van der Waals surface area contributed by atoms with Gasteiger partial charge in [0.1, 0.15) is 18.6 Å². The first-order chi connectivity index (χ1) is 5.16. The van der Waals surface area contributed by atoms with E-state index in [-0.39, 0.29) is 17.9 Å². The molecule has 1 aromatic rings. The molecule has 0 amide bonds. The van der Waals surface area contributed by atoms with E-state index in [1.165, 1.54) is 6.92 Å². The highest BCUT2D eigenvalue weighted by molar-refractivity contribution is 5.24. The molecule has 0 aliphatic heterocycles. The van der Waals surface area contributed by atoms with E-state index in [4.69, 9.17) is 14.6 Å². The van der Waals surface area contributed by atoms with E-state index in [2.05, 4.69) is 0 Å². The molecule has 0 aliphatic carbocycles. The van der Waals surface area contributed by atoms with Gasteiger partial charge in [0, 0.05) is 5.56 Å². The fourth-order valence-corrected chi connectivity index (χ4v) is 0.743. The first-order valence-electron chi connectivity index (χ1n) is 3.08. The molecule has 1 aromatic heterocycles. The molecule has 60 valence electrons. The maximum atomic E-state index is 10.9. The predicted octanol–water partition coefficient (Wildman–Crippen LogP) is 0.146. The van der Waals surface area contributed by atoms with Crippen LogP contribution in [0.5, 0.6) is 5.75 Å². The minimum atomic E-state index is -0.500. The van der Waals surface area contributed by atoms with Crippen LogP contribution < -0.4 is 5.43 Å². The number of hydrogen-bond acceptors (Lipinski definition) is 4. The third-order valence-corrected chi connectivity index (χ3v) is 1.45. The molecule has 0 atom stereocenters. The highest BCUT2D eigenvalue weighted by Crippen LogP contribution is 2.08. The Kier molecular flexibility index (Phi) is 1.96. The smallest absolute Gasteiger partial charge is 0.229 e. The van der Waals surface area contributed by atoms with Gasteiger partial charge in [-0.15, -0.1) is 0 Å². The summed E-state index contributed by atoms with van der Waals surface area (Å²) in [6.07, 6.45) is 0.918. The van der Waals surface area contributed by atoms with E-state index in [1.807, 2.05) is 0 Å². The van der Waals surface area contributed by atoms with Crippen molar-refractivity contribution in [1.82, 2.24) is 0 Å². The lowest BCUT2D eigenvalue weighted by Gasteiger charge is -1.98. The van der Waals surface area contributed by atoms with Crippen molar-refractivity contribution < 1.29 is 14.6 Å². The summed E-state index contributed by atoms with van der Waals surface area (Å²) >= 11 is 0. The Morgan fingerprint density at radius 3 is 2.82 bits per heavy atom. The zero-order valence-electron chi connectivity index (χ0n) is 6.00. The lowest BCUT2D eigenvalue weighted by Crippen LogP contribution is -2.07. The lowest BCUT2D eigenvalue weighted by atomic mass is 10.2. The van der Waals surface area contributed by atoms with Crippen molar-refractivity contribution in [3.8, 4) is 5.75 Å². The second-order valence-electron chi connectivity index (χ2n) is 2.16. The van der Waals surface area contributed by atoms with Crippen molar-refractivity contribution >= 4 is 0 Å². The molecule has 0 fully saturated rings. The topological polar surface area (TPSA) is 70.7 Å². The van der Waals surface area contributed by atoms with Crippen molar-refractivity contribution in [3.05, 3.63) is 27.8 Å². The van der Waals surface area contributed by atoms with Crippen LogP contribution in [0.1, 0.15) is 11.3 Å². The second kappa shape index (κ2) is 2.75. The minimum Gasteiger partial charge on any atom is -0.502 e. The van der Waals surface area contributed by atoms with Crippen molar-refractivity contribution in [2.24, 2.45) is 0 Å². The summed E-state index contributed by atoms with van der Waals surface area (Å²) in [6.45, 7) is 1.15. The fraction of sp³-hybridized carbons (Fsp3) is 0.286. The van der Waals surface area contributed by atoms with Crippen LogP contribution >= 0.6 is 0 Å². The summed E-state index contributed by atoms with van der Waals surface area (Å²) in [5.41, 5.74) is -0.257. The normalized spacial score (nSPS) is 10.0. The van der Waals surface area contributed by atoms with E-state index in [1.54, 1.807) is 0 Å². The predicted molar refractivity (Wildman–Crippen MR) is 37.3 cm³/mol. The van der Waals surface area contributed by atoms with E-state index in [9.17, 15) is 4.79 Å². The average Bonchev–Trinajstić information content (AvgIpc) is 2.01. The molecule has 0 unspecified atom stereocenters.